The van der Waals surface area contributed by atoms with E-state index in [2.05, 4.69) is 4.98 Å². The van der Waals surface area contributed by atoms with E-state index in [1.54, 1.807) is 36.4 Å². The van der Waals surface area contributed by atoms with E-state index in [9.17, 15) is 0 Å². The zero-order chi connectivity index (χ0) is 12.3. The lowest BCUT2D eigenvalue weighted by atomic mass is 10.1. The second-order valence-electron chi connectivity index (χ2n) is 3.56. The molecule has 1 aromatic carbocycles. The van der Waals surface area contributed by atoms with E-state index in [0.29, 0.717) is 0 Å². The summed E-state index contributed by atoms with van der Waals surface area (Å²) >= 11 is 3.25. The molecule has 0 aliphatic rings. The Kier molecular flexibility index (Phi) is 4.04. The largest absolute Gasteiger partial charge is 0.496 e. The zero-order valence-corrected chi connectivity index (χ0v) is 11.3. The van der Waals surface area contributed by atoms with Gasteiger partial charge < -0.3 is 10.5 Å². The van der Waals surface area contributed by atoms with Crippen LogP contribution in [0, 0.1) is 0 Å². The van der Waals surface area contributed by atoms with Gasteiger partial charge in [-0.15, -0.1) is 11.3 Å². The summed E-state index contributed by atoms with van der Waals surface area (Å²) in [5, 5.41) is 1.97. The molecule has 90 valence electrons. The lowest BCUT2D eigenvalue weighted by Crippen LogP contribution is -2.08. The Balaban J connectivity index is 2.39. The van der Waals surface area contributed by atoms with Gasteiger partial charge >= 0.3 is 0 Å². The maximum atomic E-state index is 6.01. The van der Waals surface area contributed by atoms with Gasteiger partial charge in [-0.1, -0.05) is 17.8 Å². The van der Waals surface area contributed by atoms with Crippen LogP contribution in [0.25, 0.3) is 0 Å². The summed E-state index contributed by atoms with van der Waals surface area (Å²) in [5.74, 6) is 0.835. The van der Waals surface area contributed by atoms with Gasteiger partial charge in [0.05, 0.1) is 7.11 Å². The highest BCUT2D eigenvalue weighted by molar-refractivity contribution is 8.01. The average Bonchev–Trinajstić information content (AvgIpc) is 2.81. The molecule has 0 unspecified atom stereocenters. The van der Waals surface area contributed by atoms with Gasteiger partial charge in [0.2, 0.25) is 0 Å². The van der Waals surface area contributed by atoms with Crippen molar-refractivity contribution in [3.63, 3.8) is 0 Å². The number of hydrogen-bond donors (Lipinski definition) is 1. The van der Waals surface area contributed by atoms with E-state index in [0.717, 1.165) is 20.5 Å². The third-order valence-electron chi connectivity index (χ3n) is 2.31. The molecule has 2 rings (SSSR count). The molecule has 2 aromatic rings. The molecule has 0 radical (unpaired) electrons. The standard InChI is InChI=1S/C12H14N2OS2/c1-8(13)11-9(15-2)4-3-5-10(11)17-12-14-6-7-16-12/h3-8H,13H2,1-2H3/t8-/m1/s1. The number of nitrogens with two attached hydrogens (primary N) is 1. The monoisotopic (exact) mass is 266 g/mol. The summed E-state index contributed by atoms with van der Waals surface area (Å²) in [6, 6.07) is 5.90. The normalized spacial score (nSPS) is 12.4. The van der Waals surface area contributed by atoms with Crippen LogP contribution in [-0.4, -0.2) is 12.1 Å². The Labute approximate surface area is 109 Å². The molecule has 0 aliphatic heterocycles. The first-order chi connectivity index (χ1) is 8.22. The van der Waals surface area contributed by atoms with Crippen LogP contribution in [0.3, 0.4) is 0 Å². The number of methoxy groups -OCH3 is 1. The Morgan fingerprint density at radius 3 is 2.88 bits per heavy atom. The summed E-state index contributed by atoms with van der Waals surface area (Å²) < 4.78 is 6.37. The number of thiazole rings is 1. The van der Waals surface area contributed by atoms with Crippen molar-refractivity contribution in [2.45, 2.75) is 22.2 Å². The maximum absolute atomic E-state index is 6.01. The molecule has 1 heterocycles. The highest BCUT2D eigenvalue weighted by Crippen LogP contribution is 2.38. The Morgan fingerprint density at radius 1 is 1.47 bits per heavy atom. The zero-order valence-electron chi connectivity index (χ0n) is 9.71. The van der Waals surface area contributed by atoms with E-state index in [4.69, 9.17) is 10.5 Å². The van der Waals surface area contributed by atoms with E-state index in [1.165, 1.54) is 0 Å². The first-order valence-corrected chi connectivity index (χ1v) is 6.92. The molecule has 2 N–H and O–H groups in total. The SMILES string of the molecule is COc1cccc(Sc2nccs2)c1[C@@H](C)N. The van der Waals surface area contributed by atoms with Gasteiger partial charge in [-0.25, -0.2) is 4.98 Å². The second-order valence-corrected chi connectivity index (χ2v) is 5.74. The lowest BCUT2D eigenvalue weighted by Gasteiger charge is -2.15. The van der Waals surface area contributed by atoms with Crippen molar-refractivity contribution >= 4 is 23.1 Å². The van der Waals surface area contributed by atoms with Crippen LogP contribution in [0.4, 0.5) is 0 Å². The van der Waals surface area contributed by atoms with E-state index in [-0.39, 0.29) is 6.04 Å². The molecule has 0 saturated heterocycles. The summed E-state index contributed by atoms with van der Waals surface area (Å²) in [6.45, 7) is 1.96. The fourth-order valence-electron chi connectivity index (χ4n) is 1.59. The van der Waals surface area contributed by atoms with E-state index < -0.39 is 0 Å². The topological polar surface area (TPSA) is 48.1 Å². The maximum Gasteiger partial charge on any atom is 0.154 e. The number of benzene rings is 1. The number of nitrogens with zero attached hydrogens (tertiary/aromatic N) is 1. The van der Waals surface area contributed by atoms with Crippen molar-refractivity contribution in [3.05, 3.63) is 35.3 Å². The van der Waals surface area contributed by atoms with Crippen molar-refractivity contribution in [2.24, 2.45) is 5.73 Å². The molecule has 5 heteroatoms. The molecule has 1 aromatic heterocycles. The first kappa shape index (κ1) is 12.4. The predicted molar refractivity (Wildman–Crippen MR) is 71.8 cm³/mol. The lowest BCUT2D eigenvalue weighted by molar-refractivity contribution is 0.405. The fraction of sp³-hybridized carbons (Fsp3) is 0.250. The highest BCUT2D eigenvalue weighted by Gasteiger charge is 2.14. The van der Waals surface area contributed by atoms with Crippen LogP contribution in [0.1, 0.15) is 18.5 Å². The minimum Gasteiger partial charge on any atom is -0.496 e. The van der Waals surface area contributed by atoms with Gasteiger partial charge in [0.25, 0.3) is 0 Å². The predicted octanol–water partition coefficient (Wildman–Crippen LogP) is 3.32. The summed E-state index contributed by atoms with van der Waals surface area (Å²) in [7, 11) is 1.67. The van der Waals surface area contributed by atoms with Gasteiger partial charge in [0, 0.05) is 28.1 Å². The van der Waals surface area contributed by atoms with Crippen molar-refractivity contribution in [2.75, 3.05) is 7.11 Å². The minimum atomic E-state index is -0.0615. The van der Waals surface area contributed by atoms with Gasteiger partial charge in [-0.2, -0.15) is 0 Å². The fourth-order valence-corrected chi connectivity index (χ4v) is 3.43. The molecule has 0 aliphatic carbocycles. The van der Waals surface area contributed by atoms with Crippen LogP contribution in [0.15, 0.2) is 39.0 Å². The van der Waals surface area contributed by atoms with Gasteiger partial charge in [-0.3, -0.25) is 0 Å². The molecule has 0 amide bonds. The summed E-state index contributed by atoms with van der Waals surface area (Å²) in [5.41, 5.74) is 7.05. The van der Waals surface area contributed by atoms with Crippen LogP contribution in [-0.2, 0) is 0 Å². The third-order valence-corrected chi connectivity index (χ3v) is 4.27. The Morgan fingerprint density at radius 2 is 2.29 bits per heavy atom. The molecule has 1 atom stereocenters. The molecule has 0 bridgehead atoms. The minimum absolute atomic E-state index is 0.0615. The third kappa shape index (κ3) is 2.80. The average molecular weight is 266 g/mol. The molecule has 0 saturated carbocycles. The summed E-state index contributed by atoms with van der Waals surface area (Å²) in [6.07, 6.45) is 1.80. The molecule has 0 fully saturated rings. The van der Waals surface area contributed by atoms with E-state index >= 15 is 0 Å². The van der Waals surface area contributed by atoms with Crippen LogP contribution in [0.5, 0.6) is 5.75 Å². The molecular formula is C12H14N2OS2. The van der Waals surface area contributed by atoms with Gasteiger partial charge in [-0.05, 0) is 19.1 Å². The molecule has 17 heavy (non-hydrogen) atoms. The van der Waals surface area contributed by atoms with E-state index in [1.807, 2.05) is 30.5 Å². The number of aromatic nitrogens is 1. The number of ether oxygens (including phenoxy) is 1. The van der Waals surface area contributed by atoms with Crippen molar-refractivity contribution in [1.29, 1.82) is 0 Å². The van der Waals surface area contributed by atoms with Crippen LogP contribution in [0.2, 0.25) is 0 Å². The summed E-state index contributed by atoms with van der Waals surface area (Å²) in [4.78, 5) is 5.37. The number of rotatable bonds is 4. The highest BCUT2D eigenvalue weighted by atomic mass is 32.2. The second kappa shape index (κ2) is 5.53. The Bertz CT molecular complexity index is 483. The number of hydrogen-bond acceptors (Lipinski definition) is 5. The Hall–Kier alpha value is -1.04. The smallest absolute Gasteiger partial charge is 0.154 e. The van der Waals surface area contributed by atoms with Crippen LogP contribution < -0.4 is 10.5 Å². The van der Waals surface area contributed by atoms with Crippen LogP contribution >= 0.6 is 23.1 Å². The van der Waals surface area contributed by atoms with Crippen molar-refractivity contribution < 1.29 is 4.74 Å². The first-order valence-electron chi connectivity index (χ1n) is 5.22. The molecule has 3 nitrogen and oxygen atoms in total. The molecule has 0 spiro atoms. The molecular weight excluding hydrogens is 252 g/mol. The van der Waals surface area contributed by atoms with Crippen molar-refractivity contribution in [1.82, 2.24) is 4.98 Å². The van der Waals surface area contributed by atoms with Gasteiger partial charge in [0.15, 0.2) is 4.34 Å². The van der Waals surface area contributed by atoms with Crippen molar-refractivity contribution in [3.8, 4) is 5.75 Å². The van der Waals surface area contributed by atoms with Gasteiger partial charge in [0.1, 0.15) is 5.75 Å². The quantitative estimate of drug-likeness (QED) is 0.922.